The van der Waals surface area contributed by atoms with Crippen LogP contribution < -0.4 is 10.1 Å². The molecule has 220 valence electrons. The van der Waals surface area contributed by atoms with E-state index in [0.717, 1.165) is 5.56 Å². The fourth-order valence-electron chi connectivity index (χ4n) is 4.49. The average Bonchev–Trinajstić information content (AvgIpc) is 3.44. The molecular formula is C29H40N2O8S. The molecule has 10 nitrogen and oxygen atoms in total. The summed E-state index contributed by atoms with van der Waals surface area (Å²) >= 11 is 0. The Morgan fingerprint density at radius 1 is 1.12 bits per heavy atom. The third kappa shape index (κ3) is 9.58. The number of rotatable bonds is 15. The van der Waals surface area contributed by atoms with Crippen LogP contribution in [0.2, 0.25) is 0 Å². The summed E-state index contributed by atoms with van der Waals surface area (Å²) in [5, 5.41) is 14.1. The highest BCUT2D eigenvalue weighted by molar-refractivity contribution is 7.89. The first-order valence-electron chi connectivity index (χ1n) is 13.5. The van der Waals surface area contributed by atoms with E-state index in [9.17, 15) is 23.1 Å². The molecule has 0 spiro atoms. The molecule has 1 heterocycles. The van der Waals surface area contributed by atoms with Crippen LogP contribution in [0.3, 0.4) is 0 Å². The summed E-state index contributed by atoms with van der Waals surface area (Å²) < 4.78 is 44.6. The third-order valence-corrected chi connectivity index (χ3v) is 8.67. The zero-order valence-corrected chi connectivity index (χ0v) is 24.1. The average molecular weight is 577 g/mol. The van der Waals surface area contributed by atoms with Crippen molar-refractivity contribution in [2.75, 3.05) is 33.4 Å². The van der Waals surface area contributed by atoms with Crippen molar-refractivity contribution < 1.29 is 37.3 Å². The van der Waals surface area contributed by atoms with Crippen molar-refractivity contribution in [1.29, 1.82) is 0 Å². The predicted molar refractivity (Wildman–Crippen MR) is 150 cm³/mol. The number of Topliss-reactive ketones (excluding diaryl/α,β-unsaturated/α-hetero) is 1. The van der Waals surface area contributed by atoms with Gasteiger partial charge in [0.25, 0.3) is 0 Å². The highest BCUT2D eigenvalue weighted by atomic mass is 32.2. The molecule has 1 amide bonds. The van der Waals surface area contributed by atoms with Gasteiger partial charge in [-0.3, -0.25) is 0 Å². The van der Waals surface area contributed by atoms with Gasteiger partial charge in [0.05, 0.1) is 37.4 Å². The lowest BCUT2D eigenvalue weighted by Gasteiger charge is -2.31. The van der Waals surface area contributed by atoms with E-state index >= 15 is 0 Å². The van der Waals surface area contributed by atoms with Crippen LogP contribution in [0, 0.1) is 5.92 Å². The van der Waals surface area contributed by atoms with Gasteiger partial charge < -0.3 is 29.4 Å². The second-order valence-electron chi connectivity index (χ2n) is 10.2. The quantitative estimate of drug-likeness (QED) is 0.331. The van der Waals surface area contributed by atoms with Gasteiger partial charge in [0, 0.05) is 25.9 Å². The summed E-state index contributed by atoms with van der Waals surface area (Å²) in [6.45, 7) is 3.99. The van der Waals surface area contributed by atoms with Crippen molar-refractivity contribution in [1.82, 2.24) is 9.62 Å². The summed E-state index contributed by atoms with van der Waals surface area (Å²) in [7, 11) is -2.54. The molecule has 3 rings (SSSR count). The summed E-state index contributed by atoms with van der Waals surface area (Å²) in [5.74, 6) is 0.380. The second kappa shape index (κ2) is 15.1. The first-order valence-corrected chi connectivity index (χ1v) is 14.9. The van der Waals surface area contributed by atoms with Crippen molar-refractivity contribution in [3.8, 4) is 5.75 Å². The molecule has 1 aliphatic rings. The van der Waals surface area contributed by atoms with Crippen LogP contribution in [-0.2, 0) is 30.7 Å². The Balaban J connectivity index is 1.84. The van der Waals surface area contributed by atoms with Crippen molar-refractivity contribution >= 4 is 21.9 Å². The number of carbonyl (C=O) groups is 2. The van der Waals surface area contributed by atoms with Gasteiger partial charge in [-0.25, -0.2) is 13.2 Å². The van der Waals surface area contributed by atoms with E-state index < -0.39 is 28.3 Å². The zero-order chi connectivity index (χ0) is 29.1. The van der Waals surface area contributed by atoms with Gasteiger partial charge in [-0.15, -0.1) is 0 Å². The number of nitrogens with zero attached hydrogens (tertiary/aromatic N) is 1. The monoisotopic (exact) mass is 576 g/mol. The number of ether oxygens (including phenoxy) is 3. The molecular weight excluding hydrogens is 536 g/mol. The van der Waals surface area contributed by atoms with Crippen LogP contribution in [0.25, 0.3) is 0 Å². The molecule has 0 aromatic heterocycles. The normalized spacial score (nSPS) is 17.7. The molecule has 0 saturated carbocycles. The van der Waals surface area contributed by atoms with E-state index in [1.165, 1.54) is 30.5 Å². The fraction of sp³-hybridized carbons (Fsp3) is 0.517. The smallest absolute Gasteiger partial charge is 0.407 e. The van der Waals surface area contributed by atoms with Crippen molar-refractivity contribution in [3.05, 3.63) is 60.2 Å². The minimum atomic E-state index is -4.04. The van der Waals surface area contributed by atoms with Gasteiger partial charge in [0.15, 0.2) is 0 Å². The van der Waals surface area contributed by atoms with E-state index in [1.807, 2.05) is 37.3 Å². The summed E-state index contributed by atoms with van der Waals surface area (Å²) in [4.78, 5) is 24.3. The highest BCUT2D eigenvalue weighted by Crippen LogP contribution is 2.23. The minimum absolute atomic E-state index is 0.0229. The maximum absolute atomic E-state index is 13.8. The molecule has 2 unspecified atom stereocenters. The minimum Gasteiger partial charge on any atom is -0.497 e. The number of aliphatic hydroxyl groups excluding tert-OH is 1. The van der Waals surface area contributed by atoms with Crippen LogP contribution in [0.15, 0.2) is 59.5 Å². The van der Waals surface area contributed by atoms with Gasteiger partial charge in [-0.2, -0.15) is 4.31 Å². The Morgan fingerprint density at radius 2 is 1.82 bits per heavy atom. The SMILES string of the molecule is COc1ccc(S(=O)(=O)N(CC(C)CCC(C)=O)C[C@@H](O)[C@H](Cc2ccccc2)NC(=O)OC2CCOC2)cc1. The first-order chi connectivity index (χ1) is 19.1. The Hall–Kier alpha value is -2.99. The first kappa shape index (κ1) is 31.5. The summed E-state index contributed by atoms with van der Waals surface area (Å²) in [6, 6.07) is 14.5. The van der Waals surface area contributed by atoms with Gasteiger partial charge >= 0.3 is 6.09 Å². The Labute approximate surface area is 236 Å². The summed E-state index contributed by atoms with van der Waals surface area (Å²) in [6.07, 6.45) is -0.657. The highest BCUT2D eigenvalue weighted by Gasteiger charge is 2.32. The third-order valence-electron chi connectivity index (χ3n) is 6.82. The number of alkyl carbamates (subject to hydrolysis) is 1. The molecule has 2 aromatic carbocycles. The van der Waals surface area contributed by atoms with E-state index in [0.29, 0.717) is 38.2 Å². The molecule has 0 aliphatic carbocycles. The number of methoxy groups -OCH3 is 1. The summed E-state index contributed by atoms with van der Waals surface area (Å²) in [5.41, 5.74) is 0.857. The maximum atomic E-state index is 13.8. The molecule has 2 aromatic rings. The number of aliphatic hydroxyl groups is 1. The van der Waals surface area contributed by atoms with E-state index in [4.69, 9.17) is 14.2 Å². The molecule has 1 saturated heterocycles. The Bertz CT molecular complexity index is 1180. The molecule has 0 bridgehead atoms. The van der Waals surface area contributed by atoms with Crippen molar-refractivity contribution in [3.63, 3.8) is 0 Å². The molecule has 4 atom stereocenters. The lowest BCUT2D eigenvalue weighted by Crippen LogP contribution is -2.51. The molecule has 0 radical (unpaired) electrons. The van der Waals surface area contributed by atoms with Crippen molar-refractivity contribution in [2.24, 2.45) is 5.92 Å². The number of nitrogens with one attached hydrogen (secondary N) is 1. The van der Waals surface area contributed by atoms with Crippen molar-refractivity contribution in [2.45, 2.75) is 62.7 Å². The van der Waals surface area contributed by atoms with Gasteiger partial charge in [-0.1, -0.05) is 37.3 Å². The number of hydrogen-bond acceptors (Lipinski definition) is 8. The maximum Gasteiger partial charge on any atom is 0.407 e. The lowest BCUT2D eigenvalue weighted by atomic mass is 10.0. The molecule has 2 N–H and O–H groups in total. The number of sulfonamides is 1. The molecule has 1 aliphatic heterocycles. The number of benzene rings is 2. The van der Waals surface area contributed by atoms with Gasteiger partial charge in [-0.05, 0) is 55.5 Å². The van der Waals surface area contributed by atoms with Crippen LogP contribution in [0.1, 0.15) is 38.7 Å². The largest absolute Gasteiger partial charge is 0.497 e. The van der Waals surface area contributed by atoms with Crippen LogP contribution >= 0.6 is 0 Å². The van der Waals surface area contributed by atoms with E-state index in [-0.39, 0.29) is 42.2 Å². The van der Waals surface area contributed by atoms with E-state index in [1.54, 1.807) is 12.1 Å². The Kier molecular flexibility index (Phi) is 11.9. The lowest BCUT2D eigenvalue weighted by molar-refractivity contribution is -0.117. The predicted octanol–water partition coefficient (Wildman–Crippen LogP) is 3.18. The molecule has 11 heteroatoms. The number of amides is 1. The fourth-order valence-corrected chi connectivity index (χ4v) is 6.06. The van der Waals surface area contributed by atoms with Crippen LogP contribution in [0.5, 0.6) is 5.75 Å². The zero-order valence-electron chi connectivity index (χ0n) is 23.3. The second-order valence-corrected chi connectivity index (χ2v) is 12.2. The van der Waals surface area contributed by atoms with Crippen LogP contribution in [-0.4, -0.2) is 81.4 Å². The standard InChI is InChI=1S/C29H40N2O8S/c1-21(9-10-22(2)32)18-31(40(35,36)26-13-11-24(37-3)12-14-26)19-28(33)27(17-23-7-5-4-6-8-23)30-29(34)39-25-15-16-38-20-25/h4-8,11-14,21,25,27-28,33H,9-10,15-20H2,1-3H3,(H,30,34)/t21?,25?,27-,28+/m0/s1. The topological polar surface area (TPSA) is 131 Å². The Morgan fingerprint density at radius 3 is 2.42 bits per heavy atom. The van der Waals surface area contributed by atoms with E-state index in [2.05, 4.69) is 5.32 Å². The number of carbonyl (C=O) groups excluding carboxylic acids is 2. The number of ketones is 1. The van der Waals surface area contributed by atoms with Crippen LogP contribution in [0.4, 0.5) is 4.79 Å². The van der Waals surface area contributed by atoms with Gasteiger partial charge in [0.1, 0.15) is 17.6 Å². The number of hydrogen-bond donors (Lipinski definition) is 2. The molecule has 1 fully saturated rings. The molecule has 40 heavy (non-hydrogen) atoms. The van der Waals surface area contributed by atoms with Gasteiger partial charge in [0.2, 0.25) is 10.0 Å².